The van der Waals surface area contributed by atoms with E-state index in [9.17, 15) is 13.6 Å². The molecule has 0 unspecified atom stereocenters. The molecule has 0 aliphatic carbocycles. The van der Waals surface area contributed by atoms with Crippen LogP contribution < -0.4 is 10.3 Å². The zero-order valence-electron chi connectivity index (χ0n) is 15.0. The van der Waals surface area contributed by atoms with E-state index in [4.69, 9.17) is 4.74 Å². The van der Waals surface area contributed by atoms with Crippen molar-refractivity contribution in [3.05, 3.63) is 57.9 Å². The fraction of sp³-hybridized carbons (Fsp3) is 0.263. The molecule has 8 heteroatoms. The summed E-state index contributed by atoms with van der Waals surface area (Å²) in [5.74, 6) is -1.55. The van der Waals surface area contributed by atoms with Crippen molar-refractivity contribution < 1.29 is 13.5 Å². The molecule has 0 N–H and O–H groups in total. The lowest BCUT2D eigenvalue weighted by Crippen LogP contribution is -2.20. The third-order valence-corrected chi connectivity index (χ3v) is 5.87. The number of benzene rings is 2. The summed E-state index contributed by atoms with van der Waals surface area (Å²) in [5, 5.41) is 1.19. The molecule has 3 aromatic rings. The van der Waals surface area contributed by atoms with E-state index < -0.39 is 5.76 Å². The first-order valence-electron chi connectivity index (χ1n) is 8.11. The molecule has 0 aliphatic rings. The number of hydrogen-bond donors (Lipinski definition) is 0. The minimum absolute atomic E-state index is 0.0903. The topological polar surface area (TPSA) is 44.1 Å². The number of hydrogen-bond acceptors (Lipinski definition) is 5. The standard InChI is InChI=1S/C19H18F2N2O2S2/c1-11-4-6-14-13(8-11)17(24)23(2)19(22-14)26-10-12-5-7-16(27-18(20)21)15(9-12)25-3/h4-9,18H,10H2,1-3H3. The Hall–Kier alpha value is -2.06. The van der Waals surface area contributed by atoms with E-state index in [0.29, 0.717) is 44.2 Å². The van der Waals surface area contributed by atoms with Crippen LogP contribution >= 0.6 is 23.5 Å². The number of nitrogens with zero attached hydrogens (tertiary/aromatic N) is 2. The molecule has 0 amide bonds. The lowest BCUT2D eigenvalue weighted by atomic mass is 10.2. The highest BCUT2D eigenvalue weighted by Gasteiger charge is 2.13. The molecule has 1 heterocycles. The predicted molar refractivity (Wildman–Crippen MR) is 106 cm³/mol. The quantitative estimate of drug-likeness (QED) is 0.431. The van der Waals surface area contributed by atoms with Crippen molar-refractivity contribution in [3.8, 4) is 5.75 Å². The molecule has 4 nitrogen and oxygen atoms in total. The van der Waals surface area contributed by atoms with Gasteiger partial charge in [-0.05, 0) is 36.8 Å². The molecular weight excluding hydrogens is 390 g/mol. The third-order valence-electron chi connectivity index (χ3n) is 4.00. The molecule has 0 aliphatic heterocycles. The second-order valence-corrected chi connectivity index (χ2v) is 7.91. The molecule has 2 aromatic carbocycles. The molecule has 1 aromatic heterocycles. The van der Waals surface area contributed by atoms with Gasteiger partial charge in [-0.3, -0.25) is 9.36 Å². The zero-order valence-corrected chi connectivity index (χ0v) is 16.7. The molecule has 27 heavy (non-hydrogen) atoms. The number of ether oxygens (including phenoxy) is 1. The van der Waals surface area contributed by atoms with Gasteiger partial charge < -0.3 is 4.74 Å². The summed E-state index contributed by atoms with van der Waals surface area (Å²) in [7, 11) is 3.15. The number of aromatic nitrogens is 2. The van der Waals surface area contributed by atoms with Crippen molar-refractivity contribution >= 4 is 34.4 Å². The fourth-order valence-electron chi connectivity index (χ4n) is 2.64. The van der Waals surface area contributed by atoms with Crippen LogP contribution in [0.2, 0.25) is 0 Å². The highest BCUT2D eigenvalue weighted by atomic mass is 32.2. The SMILES string of the molecule is COc1cc(CSc2nc3ccc(C)cc3c(=O)n2C)ccc1SC(F)F. The van der Waals surface area contributed by atoms with Crippen LogP contribution in [0.4, 0.5) is 8.78 Å². The Bertz CT molecular complexity index is 1040. The summed E-state index contributed by atoms with van der Waals surface area (Å²) in [6.45, 7) is 1.94. The molecule has 0 radical (unpaired) electrons. The summed E-state index contributed by atoms with van der Waals surface area (Å²) in [6.07, 6.45) is 0. The van der Waals surface area contributed by atoms with Gasteiger partial charge in [-0.1, -0.05) is 41.2 Å². The first kappa shape index (κ1) is 19.7. The smallest absolute Gasteiger partial charge is 0.289 e. The minimum atomic E-state index is -2.50. The van der Waals surface area contributed by atoms with Crippen LogP contribution in [-0.4, -0.2) is 22.4 Å². The fourth-order valence-corrected chi connectivity index (χ4v) is 4.15. The lowest BCUT2D eigenvalue weighted by Gasteiger charge is -2.11. The largest absolute Gasteiger partial charge is 0.496 e. The van der Waals surface area contributed by atoms with Gasteiger partial charge in [0.2, 0.25) is 0 Å². The summed E-state index contributed by atoms with van der Waals surface area (Å²) in [4.78, 5) is 17.6. The van der Waals surface area contributed by atoms with Gasteiger partial charge in [-0.15, -0.1) is 0 Å². The highest BCUT2D eigenvalue weighted by molar-refractivity contribution is 7.99. The van der Waals surface area contributed by atoms with Crippen LogP contribution in [0.15, 0.2) is 51.2 Å². The minimum Gasteiger partial charge on any atom is -0.496 e. The van der Waals surface area contributed by atoms with E-state index in [-0.39, 0.29) is 5.56 Å². The second-order valence-electron chi connectivity index (χ2n) is 5.93. The summed E-state index contributed by atoms with van der Waals surface area (Å²) in [6, 6.07) is 10.7. The van der Waals surface area contributed by atoms with Gasteiger partial charge in [0.25, 0.3) is 11.3 Å². The summed E-state index contributed by atoms with van der Waals surface area (Å²) < 4.78 is 32.0. The Morgan fingerprint density at radius 2 is 2.00 bits per heavy atom. The molecular formula is C19H18F2N2O2S2. The van der Waals surface area contributed by atoms with Crippen molar-refractivity contribution in [1.82, 2.24) is 9.55 Å². The molecule has 3 rings (SSSR count). The Morgan fingerprint density at radius 3 is 2.70 bits per heavy atom. The number of rotatable bonds is 6. The van der Waals surface area contributed by atoms with Crippen LogP contribution in [0.25, 0.3) is 10.9 Å². The maximum atomic E-state index is 12.6. The van der Waals surface area contributed by atoms with Crippen LogP contribution in [0.1, 0.15) is 11.1 Å². The van der Waals surface area contributed by atoms with Crippen molar-refractivity contribution in [1.29, 1.82) is 0 Å². The molecule has 0 spiro atoms. The van der Waals surface area contributed by atoms with Gasteiger partial charge in [0.1, 0.15) is 5.75 Å². The Morgan fingerprint density at radius 1 is 1.22 bits per heavy atom. The summed E-state index contributed by atoms with van der Waals surface area (Å²) >= 11 is 1.87. The van der Waals surface area contributed by atoms with Crippen LogP contribution in [-0.2, 0) is 12.8 Å². The maximum absolute atomic E-state index is 12.6. The van der Waals surface area contributed by atoms with Crippen LogP contribution in [0.5, 0.6) is 5.75 Å². The van der Waals surface area contributed by atoms with Gasteiger partial charge >= 0.3 is 0 Å². The van der Waals surface area contributed by atoms with Crippen molar-refractivity contribution in [2.24, 2.45) is 7.05 Å². The van der Waals surface area contributed by atoms with Crippen molar-refractivity contribution in [2.75, 3.05) is 7.11 Å². The van der Waals surface area contributed by atoms with Crippen LogP contribution in [0, 0.1) is 6.92 Å². The molecule has 142 valence electrons. The number of alkyl halides is 2. The Labute approximate surface area is 163 Å². The maximum Gasteiger partial charge on any atom is 0.289 e. The first-order valence-corrected chi connectivity index (χ1v) is 9.97. The number of methoxy groups -OCH3 is 1. The molecule has 0 bridgehead atoms. The number of halogens is 2. The average molecular weight is 408 g/mol. The highest BCUT2D eigenvalue weighted by Crippen LogP contribution is 2.35. The van der Waals surface area contributed by atoms with Crippen LogP contribution in [0.3, 0.4) is 0 Å². The van der Waals surface area contributed by atoms with Crippen molar-refractivity contribution in [3.63, 3.8) is 0 Å². The van der Waals surface area contributed by atoms with Gasteiger partial charge in [-0.2, -0.15) is 8.78 Å². The predicted octanol–water partition coefficient (Wildman–Crippen LogP) is 4.86. The second kappa shape index (κ2) is 8.31. The average Bonchev–Trinajstić information content (AvgIpc) is 2.64. The zero-order chi connectivity index (χ0) is 19.6. The first-order chi connectivity index (χ1) is 12.9. The number of thioether (sulfide) groups is 2. The number of fused-ring (bicyclic) bond motifs is 1. The molecule has 0 saturated heterocycles. The Kier molecular flexibility index (Phi) is 6.06. The molecule has 0 saturated carbocycles. The Balaban J connectivity index is 1.85. The molecule has 0 fully saturated rings. The van der Waals surface area contributed by atoms with Gasteiger partial charge in [0, 0.05) is 12.8 Å². The van der Waals surface area contributed by atoms with E-state index in [1.807, 2.05) is 25.1 Å². The normalized spacial score (nSPS) is 11.3. The molecule has 0 atom stereocenters. The van der Waals surface area contributed by atoms with E-state index in [1.54, 1.807) is 25.2 Å². The van der Waals surface area contributed by atoms with E-state index in [0.717, 1.165) is 11.1 Å². The third kappa shape index (κ3) is 4.44. The van der Waals surface area contributed by atoms with E-state index in [2.05, 4.69) is 4.98 Å². The van der Waals surface area contributed by atoms with E-state index in [1.165, 1.54) is 23.4 Å². The van der Waals surface area contributed by atoms with E-state index >= 15 is 0 Å². The van der Waals surface area contributed by atoms with Crippen molar-refractivity contribution in [2.45, 2.75) is 28.5 Å². The monoisotopic (exact) mass is 408 g/mol. The van der Waals surface area contributed by atoms with Gasteiger partial charge in [-0.25, -0.2) is 4.98 Å². The van der Waals surface area contributed by atoms with Gasteiger partial charge in [0.15, 0.2) is 5.16 Å². The van der Waals surface area contributed by atoms with Gasteiger partial charge in [0.05, 0.1) is 22.9 Å². The lowest BCUT2D eigenvalue weighted by molar-refractivity contribution is 0.251. The number of aryl methyl sites for hydroxylation is 1. The summed E-state index contributed by atoms with van der Waals surface area (Å²) in [5.41, 5.74) is 2.48.